The predicted molar refractivity (Wildman–Crippen MR) is 145 cm³/mol. The molecule has 0 fully saturated rings. The Morgan fingerprint density at radius 1 is 1.07 bits per heavy atom. The number of rotatable bonds is 9. The SMILES string of the molecule is CC(=O)Nc1ccc(S(=O)(=O)N2CCc3ccccc3C2CC(=O)OCC(=O)Nc2cc([N+](=O)[O-])ccc2F)cc1. The van der Waals surface area contributed by atoms with E-state index in [1.807, 2.05) is 6.07 Å². The van der Waals surface area contributed by atoms with Crippen molar-refractivity contribution in [3.63, 3.8) is 0 Å². The van der Waals surface area contributed by atoms with Gasteiger partial charge in [-0.1, -0.05) is 24.3 Å². The fourth-order valence-corrected chi connectivity index (χ4v) is 6.05. The molecule has 0 aliphatic carbocycles. The minimum atomic E-state index is -4.10. The average molecular weight is 585 g/mol. The number of nitrogens with one attached hydrogen (secondary N) is 2. The third kappa shape index (κ3) is 6.91. The average Bonchev–Trinajstić information content (AvgIpc) is 2.93. The van der Waals surface area contributed by atoms with Crippen molar-refractivity contribution in [3.05, 3.63) is 93.8 Å². The van der Waals surface area contributed by atoms with Crippen LogP contribution in [0.5, 0.6) is 0 Å². The number of nitro benzene ring substituents is 1. The number of carbonyl (C=O) groups is 3. The zero-order valence-corrected chi connectivity index (χ0v) is 22.5. The molecule has 14 heteroatoms. The van der Waals surface area contributed by atoms with Crippen molar-refractivity contribution in [2.45, 2.75) is 30.7 Å². The molecule has 12 nitrogen and oxygen atoms in total. The van der Waals surface area contributed by atoms with Gasteiger partial charge in [-0.2, -0.15) is 4.31 Å². The first-order valence-corrected chi connectivity index (χ1v) is 13.8. The molecular formula is C27H25FN4O8S. The Morgan fingerprint density at radius 2 is 1.78 bits per heavy atom. The summed E-state index contributed by atoms with van der Waals surface area (Å²) in [6.45, 7) is 0.582. The Labute approximate surface area is 234 Å². The van der Waals surface area contributed by atoms with Crippen molar-refractivity contribution in [3.8, 4) is 0 Å². The van der Waals surface area contributed by atoms with E-state index in [9.17, 15) is 37.3 Å². The Balaban J connectivity index is 1.49. The standard InChI is InChI=1S/C27H25FN4O8S/c1-17(33)29-19-6-9-21(10-7-19)41(38,39)31-13-12-18-4-2-3-5-22(18)25(31)15-27(35)40-16-26(34)30-24-14-20(32(36)37)8-11-23(24)28/h2-11,14,25H,12-13,15-16H2,1H3,(H,29,33)(H,30,34). The number of fused-ring (bicyclic) bond motifs is 1. The lowest BCUT2D eigenvalue weighted by Gasteiger charge is -2.36. The maximum absolute atomic E-state index is 14.0. The van der Waals surface area contributed by atoms with Crippen LogP contribution in [0.25, 0.3) is 0 Å². The summed E-state index contributed by atoms with van der Waals surface area (Å²) in [5, 5.41) is 15.6. The van der Waals surface area contributed by atoms with Crippen molar-refractivity contribution in [2.24, 2.45) is 0 Å². The number of ether oxygens (including phenoxy) is 1. The summed E-state index contributed by atoms with van der Waals surface area (Å²) < 4.78 is 47.5. The van der Waals surface area contributed by atoms with Crippen LogP contribution in [0.3, 0.4) is 0 Å². The molecule has 1 aliphatic rings. The maximum atomic E-state index is 14.0. The molecule has 0 bridgehead atoms. The first-order chi connectivity index (χ1) is 19.5. The van der Waals surface area contributed by atoms with Crippen LogP contribution < -0.4 is 10.6 Å². The van der Waals surface area contributed by atoms with Gasteiger partial charge in [0.2, 0.25) is 15.9 Å². The molecule has 41 heavy (non-hydrogen) atoms. The fraction of sp³-hybridized carbons (Fsp3) is 0.222. The van der Waals surface area contributed by atoms with E-state index < -0.39 is 63.1 Å². The largest absolute Gasteiger partial charge is 0.456 e. The fourth-order valence-electron chi connectivity index (χ4n) is 4.45. The molecule has 1 heterocycles. The molecule has 2 N–H and O–H groups in total. The number of halogens is 1. The van der Waals surface area contributed by atoms with Gasteiger partial charge in [-0.15, -0.1) is 0 Å². The first-order valence-electron chi connectivity index (χ1n) is 12.3. The molecule has 3 aromatic rings. The van der Waals surface area contributed by atoms with Crippen molar-refractivity contribution >= 4 is 44.9 Å². The van der Waals surface area contributed by atoms with Crippen LogP contribution in [0.1, 0.15) is 30.5 Å². The Hall–Kier alpha value is -4.69. The lowest BCUT2D eigenvalue weighted by molar-refractivity contribution is -0.384. The highest BCUT2D eigenvalue weighted by Gasteiger charge is 2.38. The quantitative estimate of drug-likeness (QED) is 0.219. The van der Waals surface area contributed by atoms with Crippen molar-refractivity contribution in [2.75, 3.05) is 23.8 Å². The van der Waals surface area contributed by atoms with Gasteiger partial charge in [0.05, 0.1) is 28.0 Å². The number of benzene rings is 3. The topological polar surface area (TPSA) is 165 Å². The second-order valence-electron chi connectivity index (χ2n) is 9.12. The highest BCUT2D eigenvalue weighted by atomic mass is 32.2. The van der Waals surface area contributed by atoms with E-state index in [0.29, 0.717) is 17.7 Å². The zero-order chi connectivity index (χ0) is 29.7. The summed E-state index contributed by atoms with van der Waals surface area (Å²) in [7, 11) is -4.10. The summed E-state index contributed by atoms with van der Waals surface area (Å²) in [6.07, 6.45) is -0.0131. The molecule has 1 aliphatic heterocycles. The monoisotopic (exact) mass is 584 g/mol. The molecule has 214 valence electrons. The Kier molecular flexibility index (Phi) is 8.74. The summed E-state index contributed by atoms with van der Waals surface area (Å²) in [6, 6.07) is 14.3. The maximum Gasteiger partial charge on any atom is 0.308 e. The molecule has 4 rings (SSSR count). The highest BCUT2D eigenvalue weighted by molar-refractivity contribution is 7.89. The van der Waals surface area contributed by atoms with Gasteiger partial charge in [0, 0.05) is 31.3 Å². The first kappa shape index (κ1) is 29.3. The van der Waals surface area contributed by atoms with Crippen LogP contribution in [0.2, 0.25) is 0 Å². The summed E-state index contributed by atoms with van der Waals surface area (Å²) >= 11 is 0. The van der Waals surface area contributed by atoms with Gasteiger partial charge in [0.1, 0.15) is 5.82 Å². The number of non-ortho nitro benzene ring substituents is 1. The van der Waals surface area contributed by atoms with Crippen LogP contribution in [-0.4, -0.2) is 48.6 Å². The van der Waals surface area contributed by atoms with Crippen LogP contribution in [-0.2, 0) is 35.6 Å². The zero-order valence-electron chi connectivity index (χ0n) is 21.7. The molecule has 3 aromatic carbocycles. The summed E-state index contributed by atoms with van der Waals surface area (Å²) in [5.74, 6) is -3.05. The van der Waals surface area contributed by atoms with Gasteiger partial charge in [0.15, 0.2) is 6.61 Å². The van der Waals surface area contributed by atoms with E-state index in [1.54, 1.807) is 18.2 Å². The smallest absolute Gasteiger partial charge is 0.308 e. The third-order valence-corrected chi connectivity index (χ3v) is 8.23. The van der Waals surface area contributed by atoms with Gasteiger partial charge in [0.25, 0.3) is 11.6 Å². The predicted octanol–water partition coefficient (Wildman–Crippen LogP) is 3.55. The normalized spacial score (nSPS) is 14.9. The number of esters is 1. The van der Waals surface area contributed by atoms with E-state index >= 15 is 0 Å². The molecule has 0 radical (unpaired) electrons. The van der Waals surface area contributed by atoms with E-state index in [-0.39, 0.29) is 17.3 Å². The van der Waals surface area contributed by atoms with Gasteiger partial charge in [-0.05, 0) is 47.9 Å². The number of nitro groups is 1. The number of sulfonamides is 1. The van der Waals surface area contributed by atoms with E-state index in [2.05, 4.69) is 10.6 Å². The van der Waals surface area contributed by atoms with Crippen LogP contribution >= 0.6 is 0 Å². The van der Waals surface area contributed by atoms with Gasteiger partial charge in [-0.25, -0.2) is 12.8 Å². The van der Waals surface area contributed by atoms with Crippen molar-refractivity contribution in [1.82, 2.24) is 4.31 Å². The number of hydrogen-bond donors (Lipinski definition) is 2. The second-order valence-corrected chi connectivity index (χ2v) is 11.0. The summed E-state index contributed by atoms with van der Waals surface area (Å²) in [5.41, 5.74) is 0.988. The lowest BCUT2D eigenvalue weighted by Crippen LogP contribution is -2.41. The van der Waals surface area contributed by atoms with Crippen LogP contribution in [0, 0.1) is 15.9 Å². The van der Waals surface area contributed by atoms with E-state index in [4.69, 9.17) is 4.74 Å². The van der Waals surface area contributed by atoms with Crippen molar-refractivity contribution in [1.29, 1.82) is 0 Å². The lowest BCUT2D eigenvalue weighted by atomic mass is 9.92. The number of hydrogen-bond acceptors (Lipinski definition) is 8. The van der Waals surface area contributed by atoms with E-state index in [0.717, 1.165) is 23.8 Å². The highest BCUT2D eigenvalue weighted by Crippen LogP contribution is 2.36. The molecule has 1 unspecified atom stereocenters. The van der Waals surface area contributed by atoms with Gasteiger partial charge >= 0.3 is 5.97 Å². The molecule has 0 aromatic heterocycles. The Morgan fingerprint density at radius 3 is 2.46 bits per heavy atom. The molecule has 2 amide bonds. The van der Waals surface area contributed by atoms with Gasteiger partial charge in [-0.3, -0.25) is 24.5 Å². The number of amides is 2. The molecule has 0 saturated heterocycles. The second kappa shape index (κ2) is 12.2. The minimum Gasteiger partial charge on any atom is -0.456 e. The number of nitrogens with zero attached hydrogens (tertiary/aromatic N) is 2. The number of carbonyl (C=O) groups excluding carboxylic acids is 3. The van der Waals surface area contributed by atoms with Crippen molar-refractivity contribution < 1.29 is 36.9 Å². The Bertz CT molecular complexity index is 1610. The molecule has 0 spiro atoms. The number of anilines is 2. The minimum absolute atomic E-state index is 0.0392. The van der Waals surface area contributed by atoms with E-state index in [1.165, 1.54) is 35.5 Å². The molecule has 0 saturated carbocycles. The molecule has 1 atom stereocenters. The van der Waals surface area contributed by atoms with Crippen LogP contribution in [0.4, 0.5) is 21.5 Å². The van der Waals surface area contributed by atoms with Gasteiger partial charge < -0.3 is 15.4 Å². The third-order valence-electron chi connectivity index (χ3n) is 6.30. The van der Waals surface area contributed by atoms with Crippen LogP contribution in [0.15, 0.2) is 71.6 Å². The summed E-state index contributed by atoms with van der Waals surface area (Å²) in [4.78, 5) is 46.5. The molecular weight excluding hydrogens is 559 g/mol.